The highest BCUT2D eigenvalue weighted by molar-refractivity contribution is 7.90. The Morgan fingerprint density at radius 2 is 2.12 bits per heavy atom. The van der Waals surface area contributed by atoms with Gasteiger partial charge in [-0.25, -0.2) is 5.84 Å². The van der Waals surface area contributed by atoms with Crippen molar-refractivity contribution in [3.05, 3.63) is 23.2 Å². The summed E-state index contributed by atoms with van der Waals surface area (Å²) in [6, 6.07) is 4.65. The lowest BCUT2D eigenvalue weighted by molar-refractivity contribution is 0.596. The number of para-hydroxylation sites is 1. The first-order valence-corrected chi connectivity index (χ1v) is 7.01. The van der Waals surface area contributed by atoms with Crippen molar-refractivity contribution in [2.45, 2.75) is 17.7 Å². The Hall–Kier alpha value is -1.11. The number of amidine groups is 1. The van der Waals surface area contributed by atoms with Gasteiger partial charge < -0.3 is 0 Å². The fourth-order valence-corrected chi connectivity index (χ4v) is 3.49. The Bertz CT molecular complexity index is 622. The number of hydrazine groups is 1. The van der Waals surface area contributed by atoms with E-state index in [0.29, 0.717) is 16.5 Å². The molecule has 2 aliphatic rings. The molecule has 0 atom stereocenters. The lowest BCUT2D eigenvalue weighted by Gasteiger charge is -2.27. The number of nitrogens with zero attached hydrogens (tertiary/aromatic N) is 2. The van der Waals surface area contributed by atoms with E-state index >= 15 is 0 Å². The topological polar surface area (TPSA) is 75.8 Å². The molecule has 17 heavy (non-hydrogen) atoms. The highest BCUT2D eigenvalue weighted by atomic mass is 35.5. The number of fused-ring (bicyclic) bond motifs is 1. The number of hydrogen-bond acceptors (Lipinski definition) is 4. The summed E-state index contributed by atoms with van der Waals surface area (Å²) < 4.78 is 27.7. The summed E-state index contributed by atoms with van der Waals surface area (Å²) in [5.41, 5.74) is 0.325. The highest BCUT2D eigenvalue weighted by Gasteiger charge is 2.38. The van der Waals surface area contributed by atoms with Gasteiger partial charge in [-0.3, -0.25) is 5.01 Å². The van der Waals surface area contributed by atoms with Gasteiger partial charge in [0.1, 0.15) is 10.7 Å². The number of sulfonamides is 1. The van der Waals surface area contributed by atoms with E-state index < -0.39 is 10.0 Å². The Kier molecular flexibility index (Phi) is 2.23. The van der Waals surface area contributed by atoms with Crippen LogP contribution in [-0.4, -0.2) is 14.3 Å². The SMILES string of the molecule is NN1C(C2CC2)=NS(=O)(=O)c2cccc(Cl)c21. The Labute approximate surface area is 104 Å². The van der Waals surface area contributed by atoms with E-state index in [-0.39, 0.29) is 10.8 Å². The molecule has 0 unspecified atom stereocenters. The average molecular weight is 272 g/mol. The summed E-state index contributed by atoms with van der Waals surface area (Å²) >= 11 is 6.01. The van der Waals surface area contributed by atoms with Gasteiger partial charge in [0.25, 0.3) is 10.0 Å². The molecule has 3 rings (SSSR count). The fraction of sp³-hybridized carbons (Fsp3) is 0.300. The van der Waals surface area contributed by atoms with Gasteiger partial charge in [0, 0.05) is 5.92 Å². The maximum Gasteiger partial charge on any atom is 0.286 e. The predicted octanol–water partition coefficient (Wildman–Crippen LogP) is 1.53. The molecule has 0 saturated heterocycles. The summed E-state index contributed by atoms with van der Waals surface area (Å²) in [4.78, 5) is 0.0666. The van der Waals surface area contributed by atoms with Crippen LogP contribution in [0.1, 0.15) is 12.8 Å². The molecular formula is C10H10ClN3O2S. The predicted molar refractivity (Wildman–Crippen MR) is 65.5 cm³/mol. The van der Waals surface area contributed by atoms with Gasteiger partial charge in [0.15, 0.2) is 0 Å². The zero-order valence-electron chi connectivity index (χ0n) is 8.80. The minimum absolute atomic E-state index is 0.0666. The van der Waals surface area contributed by atoms with Crippen LogP contribution < -0.4 is 10.9 Å². The largest absolute Gasteiger partial charge is 0.286 e. The monoisotopic (exact) mass is 271 g/mol. The van der Waals surface area contributed by atoms with Crippen LogP contribution in [0.2, 0.25) is 5.02 Å². The molecule has 0 bridgehead atoms. The first kappa shape index (κ1) is 11.0. The van der Waals surface area contributed by atoms with Gasteiger partial charge in [0.2, 0.25) is 0 Å². The Morgan fingerprint density at radius 1 is 1.41 bits per heavy atom. The highest BCUT2D eigenvalue weighted by Crippen LogP contribution is 2.41. The van der Waals surface area contributed by atoms with Crippen molar-refractivity contribution in [3.63, 3.8) is 0 Å². The van der Waals surface area contributed by atoms with Crippen molar-refractivity contribution < 1.29 is 8.42 Å². The number of halogens is 1. The molecule has 1 aliphatic carbocycles. The van der Waals surface area contributed by atoms with Crippen LogP contribution in [0, 0.1) is 5.92 Å². The maximum atomic E-state index is 12.0. The molecule has 1 aromatic carbocycles. The van der Waals surface area contributed by atoms with E-state index in [2.05, 4.69) is 4.40 Å². The third-order valence-corrected chi connectivity index (χ3v) is 4.49. The van der Waals surface area contributed by atoms with Gasteiger partial charge in [-0.05, 0) is 25.0 Å². The van der Waals surface area contributed by atoms with Gasteiger partial charge >= 0.3 is 0 Å². The molecule has 7 heteroatoms. The Morgan fingerprint density at radius 3 is 2.76 bits per heavy atom. The van der Waals surface area contributed by atoms with E-state index in [1.807, 2.05) is 0 Å². The lowest BCUT2D eigenvalue weighted by Crippen LogP contribution is -2.42. The van der Waals surface area contributed by atoms with Crippen molar-refractivity contribution in [2.75, 3.05) is 5.01 Å². The van der Waals surface area contributed by atoms with E-state index in [1.165, 1.54) is 11.1 Å². The van der Waals surface area contributed by atoms with E-state index in [4.69, 9.17) is 17.4 Å². The van der Waals surface area contributed by atoms with Gasteiger partial charge in [-0.15, -0.1) is 4.40 Å². The first-order valence-electron chi connectivity index (χ1n) is 5.19. The number of rotatable bonds is 1. The first-order chi connectivity index (χ1) is 8.00. The van der Waals surface area contributed by atoms with Crippen LogP contribution in [0.15, 0.2) is 27.5 Å². The quantitative estimate of drug-likeness (QED) is 0.786. The number of hydrogen-bond donors (Lipinski definition) is 1. The molecule has 0 radical (unpaired) electrons. The molecule has 2 N–H and O–H groups in total. The molecular weight excluding hydrogens is 262 g/mol. The third-order valence-electron chi connectivity index (χ3n) is 2.87. The molecule has 1 saturated carbocycles. The molecule has 0 amide bonds. The van der Waals surface area contributed by atoms with E-state index in [0.717, 1.165) is 12.8 Å². The van der Waals surface area contributed by atoms with Crippen LogP contribution >= 0.6 is 11.6 Å². The van der Waals surface area contributed by atoms with Gasteiger partial charge in [0.05, 0.1) is 10.7 Å². The second-order valence-electron chi connectivity index (χ2n) is 4.16. The zero-order chi connectivity index (χ0) is 12.2. The van der Waals surface area contributed by atoms with Crippen LogP contribution in [0.4, 0.5) is 5.69 Å². The van der Waals surface area contributed by atoms with Gasteiger partial charge in [-0.1, -0.05) is 17.7 Å². The summed E-state index contributed by atoms with van der Waals surface area (Å²) in [6.07, 6.45) is 1.84. The number of anilines is 1. The number of benzene rings is 1. The molecule has 1 heterocycles. The molecule has 1 fully saturated rings. The Balaban J connectivity index is 2.26. The van der Waals surface area contributed by atoms with Crippen LogP contribution in [0.5, 0.6) is 0 Å². The van der Waals surface area contributed by atoms with E-state index in [9.17, 15) is 8.42 Å². The smallest absolute Gasteiger partial charge is 0.262 e. The maximum absolute atomic E-state index is 12.0. The molecule has 1 aromatic rings. The van der Waals surface area contributed by atoms with Crippen molar-refractivity contribution in [3.8, 4) is 0 Å². The van der Waals surface area contributed by atoms with Crippen molar-refractivity contribution in [1.82, 2.24) is 0 Å². The molecule has 5 nitrogen and oxygen atoms in total. The zero-order valence-corrected chi connectivity index (χ0v) is 10.4. The lowest BCUT2D eigenvalue weighted by atomic mass is 10.2. The third kappa shape index (κ3) is 1.64. The minimum Gasteiger partial charge on any atom is -0.262 e. The molecule has 0 aromatic heterocycles. The van der Waals surface area contributed by atoms with Crippen molar-refractivity contribution >= 4 is 33.1 Å². The normalized spacial score (nSPS) is 22.0. The van der Waals surface area contributed by atoms with E-state index in [1.54, 1.807) is 12.1 Å². The molecule has 1 aliphatic heterocycles. The molecule has 90 valence electrons. The average Bonchev–Trinajstić information content (AvgIpc) is 3.07. The summed E-state index contributed by atoms with van der Waals surface area (Å²) in [7, 11) is -3.67. The summed E-state index contributed by atoms with van der Waals surface area (Å²) in [6.45, 7) is 0. The second kappa shape index (κ2) is 3.44. The van der Waals surface area contributed by atoms with Crippen molar-refractivity contribution in [1.29, 1.82) is 0 Å². The molecule has 0 spiro atoms. The second-order valence-corrected chi connectivity index (χ2v) is 6.14. The van der Waals surface area contributed by atoms with Crippen LogP contribution in [0.3, 0.4) is 0 Å². The standard InChI is InChI=1S/C10H10ClN3O2S/c11-7-2-1-3-8-9(7)14(12)10(6-4-5-6)13-17(8,15)16/h1-3,6H,4-5,12H2. The summed E-state index contributed by atoms with van der Waals surface area (Å²) in [5, 5.41) is 1.62. The van der Waals surface area contributed by atoms with Crippen molar-refractivity contribution in [2.24, 2.45) is 16.2 Å². The summed E-state index contributed by atoms with van der Waals surface area (Å²) in [5.74, 6) is 6.44. The minimum atomic E-state index is -3.67. The number of nitrogens with two attached hydrogens (primary N) is 1. The van der Waals surface area contributed by atoms with Gasteiger partial charge in [-0.2, -0.15) is 8.42 Å². The van der Waals surface area contributed by atoms with Crippen LogP contribution in [-0.2, 0) is 10.0 Å². The fourth-order valence-electron chi connectivity index (χ4n) is 1.88. The van der Waals surface area contributed by atoms with Crippen LogP contribution in [0.25, 0.3) is 0 Å².